The topological polar surface area (TPSA) is 533 Å². The number of hydrogen-bond acceptors (Lipinski definition) is 16. The highest BCUT2D eigenvalue weighted by Crippen LogP contribution is 2.23. The van der Waals surface area contributed by atoms with Crippen molar-refractivity contribution < 1.29 is 67.4 Å². The van der Waals surface area contributed by atoms with E-state index in [1.165, 1.54) is 4.90 Å². The number of carboxylic acid groups (broad SMARTS) is 1. The molecule has 2 rings (SSSR count). The molecule has 0 saturated carbocycles. The molecule has 1 heterocycles. The molecule has 1 aliphatic heterocycles. The first-order valence-corrected chi connectivity index (χ1v) is 38.4. The molecule has 0 bridgehead atoms. The van der Waals surface area contributed by atoms with Gasteiger partial charge in [0.2, 0.25) is 70.9 Å². The van der Waals surface area contributed by atoms with E-state index in [-0.39, 0.29) is 119 Å². The summed E-state index contributed by atoms with van der Waals surface area (Å²) in [5.74, 6) is -12.8. The van der Waals surface area contributed by atoms with Crippen molar-refractivity contribution in [2.45, 2.75) is 273 Å². The Bertz CT molecular complexity index is 3160. The number of nitrogens with one attached hydrogen (secondary N) is 11. The van der Waals surface area contributed by atoms with Gasteiger partial charge in [-0.2, -0.15) is 0 Å². The molecule has 108 heavy (non-hydrogen) atoms. The zero-order valence-electron chi connectivity index (χ0n) is 66.6. The fourth-order valence-electron chi connectivity index (χ4n) is 12.3. The molecule has 1 aromatic carbocycles. The van der Waals surface area contributed by atoms with E-state index in [4.69, 9.17) is 28.7 Å². The van der Waals surface area contributed by atoms with E-state index in [1.54, 1.807) is 48.5 Å². The lowest BCUT2D eigenvalue weighted by Crippen LogP contribution is -2.62. The minimum Gasteiger partial charge on any atom is -0.480 e. The standard InChI is InChI=1S/C75H131N19O14/c1-17-45(14)59(93-71(105)60(46(15)18-2)91-66(100)54(36-42(8)9)87-62(96)49(76)38-48-26-21-20-22-27-48)69(103)85-50(28-23-31-81-74(77)78)64(98)86-51(29-24-32-82-75(79)80)72(106)94-33-25-30-56(94)67(101)92-61(47(16)19-3)70(104)90-58(44(12)13)68(102)88-52(34-40(4)5)63(97)83-39-57(95)84-53(35-41(6)7)65(99)89-55(73(107)108)37-43(10)11/h20-22,26-27,40-47,49-56,58-61H,17-19,23-25,28-39,76H2,1-16H3,(H,83,97)(H,84,95)(H,85,103)(H,86,98)(H,87,96)(H,88,102)(H,89,99)(H,90,104)(H,91,100)(H,92,101)(H,93,105)(H,107,108)(H4,77,78,81)(H4,79,80,82)/t45-,46-,47-,49-,50-,51-,52-,53-,54-,55-,56-,58-,59-,60-,61-/m0/s1. The second kappa shape index (κ2) is 48.3. The third-order valence-corrected chi connectivity index (χ3v) is 19.0. The van der Waals surface area contributed by atoms with E-state index < -0.39 is 180 Å². The highest BCUT2D eigenvalue weighted by molar-refractivity contribution is 6.00. The Morgan fingerprint density at radius 3 is 1.31 bits per heavy atom. The molecular weight excluding hydrogens is 1390 g/mol. The van der Waals surface area contributed by atoms with Crippen LogP contribution < -0.4 is 87.2 Å². The van der Waals surface area contributed by atoms with E-state index in [9.17, 15) is 62.6 Å². The zero-order chi connectivity index (χ0) is 81.8. The summed E-state index contributed by atoms with van der Waals surface area (Å²) in [5, 5.41) is 39.9. The minimum atomic E-state index is -1.39. The number of aliphatic carboxylic acids is 1. The molecule has 1 fully saturated rings. The molecule has 33 nitrogen and oxygen atoms in total. The number of benzene rings is 1. The normalized spacial score (nSPS) is 16.7. The molecular formula is C75H131N19O14. The average Bonchev–Trinajstić information content (AvgIpc) is 1.55. The van der Waals surface area contributed by atoms with Gasteiger partial charge in [-0.1, -0.05) is 160 Å². The molecule has 1 saturated heterocycles. The van der Waals surface area contributed by atoms with Crippen molar-refractivity contribution >= 4 is 88.8 Å². The molecule has 610 valence electrons. The van der Waals surface area contributed by atoms with Crippen LogP contribution in [0.5, 0.6) is 0 Å². The zero-order valence-corrected chi connectivity index (χ0v) is 66.6. The van der Waals surface area contributed by atoms with Gasteiger partial charge in [-0.25, -0.2) is 4.79 Å². The van der Waals surface area contributed by atoms with Gasteiger partial charge in [0, 0.05) is 19.6 Å². The highest BCUT2D eigenvalue weighted by atomic mass is 16.4. The first-order chi connectivity index (χ1) is 50.7. The maximum Gasteiger partial charge on any atom is 0.326 e. The summed E-state index contributed by atoms with van der Waals surface area (Å²) < 4.78 is 0. The summed E-state index contributed by atoms with van der Waals surface area (Å²) in [4.78, 5) is 193. The van der Waals surface area contributed by atoms with Crippen LogP contribution >= 0.6 is 0 Å². The monoisotopic (exact) mass is 1520 g/mol. The van der Waals surface area contributed by atoms with E-state index in [0.717, 1.165) is 5.56 Å². The van der Waals surface area contributed by atoms with Gasteiger partial charge < -0.3 is 97.2 Å². The lowest BCUT2D eigenvalue weighted by molar-refractivity contribution is -0.143. The highest BCUT2D eigenvalue weighted by Gasteiger charge is 2.43. The molecule has 0 aromatic heterocycles. The lowest BCUT2D eigenvalue weighted by atomic mass is 9.94. The van der Waals surface area contributed by atoms with Gasteiger partial charge in [0.05, 0.1) is 12.6 Å². The van der Waals surface area contributed by atoms with E-state index in [1.807, 2.05) is 92.6 Å². The molecule has 0 radical (unpaired) electrons. The summed E-state index contributed by atoms with van der Waals surface area (Å²) in [6, 6.07) is -5.37. The SMILES string of the molecule is CC[C@H](C)[C@H](NC(=O)[C@H](CC(C)C)NC(=O)[C@@H](N)Cc1ccccc1)C(=O)N[C@H](C(=O)N[C@@H](CCCN=C(N)N)C(=O)N[C@@H](CCCN=C(N)N)C(=O)N1CCC[C@H]1C(=O)N[C@H](C(=O)N[C@H](C(=O)N[C@@H](CC(C)C)C(=O)NCC(=O)N[C@@H](CC(C)C)C(=O)N[C@@H](CC(C)C)C(=O)O)C(C)C)[C@@H](C)CC)[C@@H](C)CC. The molecule has 1 aromatic rings. The number of aliphatic imine (C=N–C) groups is 2. The molecule has 0 spiro atoms. The first kappa shape index (κ1) is 94.9. The quantitative estimate of drug-likeness (QED) is 0.0242. The van der Waals surface area contributed by atoms with Gasteiger partial charge in [0.1, 0.15) is 66.5 Å². The summed E-state index contributed by atoms with van der Waals surface area (Å²) in [6.45, 7) is 28.1. The van der Waals surface area contributed by atoms with E-state index >= 15 is 4.79 Å². The molecule has 33 heteroatoms. The molecule has 15 atom stereocenters. The maximum atomic E-state index is 15.1. The smallest absolute Gasteiger partial charge is 0.326 e. The second-order valence-corrected chi connectivity index (χ2v) is 30.7. The third-order valence-electron chi connectivity index (χ3n) is 19.0. The fourth-order valence-corrected chi connectivity index (χ4v) is 12.3. The minimum absolute atomic E-state index is 0.0270. The van der Waals surface area contributed by atoms with Crippen molar-refractivity contribution in [2.24, 2.45) is 86.0 Å². The van der Waals surface area contributed by atoms with Crippen molar-refractivity contribution in [3.63, 3.8) is 0 Å². The summed E-state index contributed by atoms with van der Waals surface area (Å²) >= 11 is 0. The Hall–Kier alpha value is -9.17. The number of amides is 12. The van der Waals surface area contributed by atoms with E-state index in [0.29, 0.717) is 25.7 Å². The van der Waals surface area contributed by atoms with Gasteiger partial charge in [-0.05, 0) is 124 Å². The van der Waals surface area contributed by atoms with Crippen LogP contribution in [0.4, 0.5) is 0 Å². The summed E-state index contributed by atoms with van der Waals surface area (Å²) in [5.41, 5.74) is 29.8. The number of nitrogens with two attached hydrogens (primary N) is 5. The third kappa shape index (κ3) is 34.0. The number of carbonyl (C=O) groups is 13. The van der Waals surface area contributed by atoms with Crippen LogP contribution in [0.25, 0.3) is 0 Å². The number of carbonyl (C=O) groups excluding carboxylic acids is 12. The summed E-state index contributed by atoms with van der Waals surface area (Å²) in [6.07, 6.45) is 2.58. The Kier molecular flexibility index (Phi) is 42.4. The predicted octanol–water partition coefficient (Wildman–Crippen LogP) is 0.682. The molecule has 0 aliphatic carbocycles. The fraction of sp³-hybridized carbons (Fsp3) is 0.720. The molecule has 0 unspecified atom stereocenters. The molecule has 22 N–H and O–H groups in total. The van der Waals surface area contributed by atoms with Crippen molar-refractivity contribution in [3.8, 4) is 0 Å². The van der Waals surface area contributed by atoms with Crippen molar-refractivity contribution in [1.82, 2.24) is 63.4 Å². The Morgan fingerprint density at radius 2 is 0.843 bits per heavy atom. The Morgan fingerprint density at radius 1 is 0.463 bits per heavy atom. The van der Waals surface area contributed by atoms with E-state index in [2.05, 4.69) is 68.5 Å². The lowest BCUT2D eigenvalue weighted by Gasteiger charge is -2.33. The number of likely N-dealkylation sites (tertiary alicyclic amines) is 1. The van der Waals surface area contributed by atoms with Crippen LogP contribution in [-0.2, 0) is 68.7 Å². The van der Waals surface area contributed by atoms with Crippen LogP contribution in [0.1, 0.15) is 200 Å². The van der Waals surface area contributed by atoms with Gasteiger partial charge in [0.15, 0.2) is 11.9 Å². The molecule has 12 amide bonds. The van der Waals surface area contributed by atoms with Crippen LogP contribution in [0.2, 0.25) is 0 Å². The molecule has 1 aliphatic rings. The van der Waals surface area contributed by atoms with Crippen molar-refractivity contribution in [1.29, 1.82) is 0 Å². The van der Waals surface area contributed by atoms with Crippen LogP contribution in [0, 0.1) is 47.3 Å². The Labute approximate surface area is 638 Å². The summed E-state index contributed by atoms with van der Waals surface area (Å²) in [7, 11) is 0. The Balaban J connectivity index is 2.49. The van der Waals surface area contributed by atoms with Gasteiger partial charge in [-0.3, -0.25) is 67.5 Å². The van der Waals surface area contributed by atoms with Crippen LogP contribution in [0.3, 0.4) is 0 Å². The number of nitrogens with zero attached hydrogens (tertiary/aromatic N) is 3. The largest absolute Gasteiger partial charge is 0.480 e. The number of guanidine groups is 2. The van der Waals surface area contributed by atoms with Gasteiger partial charge in [-0.15, -0.1) is 0 Å². The maximum absolute atomic E-state index is 15.1. The predicted molar refractivity (Wildman–Crippen MR) is 414 cm³/mol. The van der Waals surface area contributed by atoms with Crippen molar-refractivity contribution in [2.75, 3.05) is 26.2 Å². The number of rotatable bonds is 49. The second-order valence-electron chi connectivity index (χ2n) is 30.7. The average molecular weight is 1520 g/mol. The first-order valence-electron chi connectivity index (χ1n) is 38.4. The van der Waals surface area contributed by atoms with Gasteiger partial charge >= 0.3 is 5.97 Å². The van der Waals surface area contributed by atoms with Gasteiger partial charge in [0.25, 0.3) is 0 Å². The van der Waals surface area contributed by atoms with Crippen molar-refractivity contribution in [3.05, 3.63) is 35.9 Å². The number of hydrogen-bond donors (Lipinski definition) is 17. The van der Waals surface area contributed by atoms with Crippen LogP contribution in [-0.4, -0.2) is 197 Å². The number of carboxylic acids is 1. The van der Waals surface area contributed by atoms with Crippen LogP contribution in [0.15, 0.2) is 40.3 Å².